The van der Waals surface area contributed by atoms with Crippen LogP contribution in [0.5, 0.6) is 5.75 Å². The molecule has 4 rings (SSSR count). The van der Waals surface area contributed by atoms with E-state index in [-0.39, 0.29) is 5.38 Å². The molecule has 3 aliphatic carbocycles. The Balaban J connectivity index is 1.71. The molecule has 1 aromatic carbocycles. The maximum atomic E-state index is 7.00. The predicted octanol–water partition coefficient (Wildman–Crippen LogP) is 5.65. The highest BCUT2D eigenvalue weighted by Crippen LogP contribution is 2.73. The third-order valence-electron chi connectivity index (χ3n) is 6.32. The zero-order valence-electron chi connectivity index (χ0n) is 12.8. The number of halogens is 2. The fourth-order valence-corrected chi connectivity index (χ4v) is 6.61. The molecule has 1 aromatic rings. The van der Waals surface area contributed by atoms with Gasteiger partial charge in [-0.05, 0) is 79.9 Å². The summed E-state index contributed by atoms with van der Waals surface area (Å²) in [7, 11) is 1.76. The van der Waals surface area contributed by atoms with Gasteiger partial charge in [-0.3, -0.25) is 0 Å². The molecule has 0 saturated heterocycles. The minimum Gasteiger partial charge on any atom is -0.496 e. The molecule has 1 nitrogen and oxygen atoms in total. The van der Waals surface area contributed by atoms with Gasteiger partial charge in [0.25, 0.3) is 0 Å². The molecular formula is C18H22BrClO. The summed E-state index contributed by atoms with van der Waals surface area (Å²) >= 11 is 10.7. The summed E-state index contributed by atoms with van der Waals surface area (Å²) in [6.07, 6.45) is 4.36. The summed E-state index contributed by atoms with van der Waals surface area (Å²) in [5.74, 6) is 5.40. The van der Waals surface area contributed by atoms with Gasteiger partial charge in [0.1, 0.15) is 5.75 Å². The predicted molar refractivity (Wildman–Crippen MR) is 90.1 cm³/mol. The summed E-state index contributed by atoms with van der Waals surface area (Å²) in [5, 5.41) is 0.106. The van der Waals surface area contributed by atoms with Gasteiger partial charge in [0, 0.05) is 10.0 Å². The van der Waals surface area contributed by atoms with Gasteiger partial charge in [-0.25, -0.2) is 0 Å². The Bertz CT molecular complexity index is 583. The molecule has 0 radical (unpaired) electrons. The molecular weight excluding hydrogens is 348 g/mol. The molecule has 3 heteroatoms. The monoisotopic (exact) mass is 368 g/mol. The number of benzene rings is 1. The summed E-state index contributed by atoms with van der Waals surface area (Å²) in [4.78, 5) is 0. The van der Waals surface area contributed by atoms with E-state index < -0.39 is 0 Å². The number of hydrogen-bond acceptors (Lipinski definition) is 1. The van der Waals surface area contributed by atoms with Crippen LogP contribution >= 0.6 is 27.5 Å². The summed E-state index contributed by atoms with van der Waals surface area (Å²) in [6, 6.07) is 2.14. The number of hydrogen-bond donors (Lipinski definition) is 0. The topological polar surface area (TPSA) is 9.23 Å². The van der Waals surface area contributed by atoms with E-state index in [9.17, 15) is 0 Å². The van der Waals surface area contributed by atoms with Crippen molar-refractivity contribution in [2.45, 2.75) is 38.5 Å². The molecule has 3 aliphatic rings. The highest BCUT2D eigenvalue weighted by molar-refractivity contribution is 9.10. The van der Waals surface area contributed by atoms with Gasteiger partial charge >= 0.3 is 0 Å². The fourth-order valence-electron chi connectivity index (χ4n) is 5.45. The molecule has 0 aliphatic heterocycles. The Morgan fingerprint density at radius 3 is 2.43 bits per heavy atom. The van der Waals surface area contributed by atoms with Crippen molar-refractivity contribution in [2.24, 2.45) is 29.6 Å². The van der Waals surface area contributed by atoms with Gasteiger partial charge in [0.15, 0.2) is 0 Å². The van der Waals surface area contributed by atoms with Crippen molar-refractivity contribution in [1.82, 2.24) is 0 Å². The number of fused-ring (bicyclic) bond motifs is 5. The molecule has 21 heavy (non-hydrogen) atoms. The van der Waals surface area contributed by atoms with E-state index in [0.29, 0.717) is 5.92 Å². The number of ether oxygens (including phenoxy) is 1. The number of methoxy groups -OCH3 is 1. The van der Waals surface area contributed by atoms with Crippen LogP contribution in [0.4, 0.5) is 0 Å². The third kappa shape index (κ3) is 1.94. The molecule has 0 amide bonds. The minimum atomic E-state index is 0.106. The van der Waals surface area contributed by atoms with Crippen molar-refractivity contribution in [3.05, 3.63) is 27.2 Å². The number of aryl methyl sites for hydroxylation is 1. The zero-order valence-corrected chi connectivity index (χ0v) is 15.2. The Labute approximate surface area is 140 Å². The van der Waals surface area contributed by atoms with Crippen molar-refractivity contribution in [3.8, 4) is 5.75 Å². The first kappa shape index (κ1) is 14.4. The maximum Gasteiger partial charge on any atom is 0.126 e. The van der Waals surface area contributed by atoms with Gasteiger partial charge in [0.2, 0.25) is 0 Å². The molecule has 0 aromatic heterocycles. The van der Waals surface area contributed by atoms with Gasteiger partial charge in [-0.15, -0.1) is 11.6 Å². The lowest BCUT2D eigenvalue weighted by Crippen LogP contribution is -2.08. The fraction of sp³-hybridized carbons (Fsp3) is 0.667. The second kappa shape index (κ2) is 4.89. The maximum absolute atomic E-state index is 7.00. The van der Waals surface area contributed by atoms with Gasteiger partial charge < -0.3 is 4.74 Å². The second-order valence-corrected chi connectivity index (χ2v) is 8.54. The van der Waals surface area contributed by atoms with Crippen LogP contribution in [0, 0.1) is 43.4 Å². The standard InChI is InChI=1S/C18H22BrClO/c1-8-6-12(19)9(2)13(18(8)21-3)17(20)16-14-10-4-5-11(7-10)15(14)16/h6,10-11,14-17H,4-5,7H2,1-3H3. The van der Waals surface area contributed by atoms with Crippen LogP contribution in [0.2, 0.25) is 0 Å². The average Bonchev–Trinajstić information content (AvgIpc) is 2.89. The van der Waals surface area contributed by atoms with Crippen LogP contribution in [0.15, 0.2) is 10.5 Å². The lowest BCUT2D eigenvalue weighted by Gasteiger charge is -2.22. The van der Waals surface area contributed by atoms with E-state index in [0.717, 1.165) is 33.9 Å². The smallest absolute Gasteiger partial charge is 0.126 e. The van der Waals surface area contributed by atoms with Crippen molar-refractivity contribution in [2.75, 3.05) is 7.11 Å². The molecule has 0 N–H and O–H groups in total. The third-order valence-corrected chi connectivity index (χ3v) is 7.65. The Morgan fingerprint density at radius 1 is 1.24 bits per heavy atom. The Hall–Kier alpha value is -0.210. The molecule has 0 spiro atoms. The zero-order chi connectivity index (χ0) is 14.9. The normalized spacial score (nSPS) is 37.5. The van der Waals surface area contributed by atoms with Crippen molar-refractivity contribution in [1.29, 1.82) is 0 Å². The number of rotatable bonds is 3. The van der Waals surface area contributed by atoms with Crippen LogP contribution in [0.25, 0.3) is 0 Å². The van der Waals surface area contributed by atoms with Crippen molar-refractivity contribution >= 4 is 27.5 Å². The van der Waals surface area contributed by atoms with Gasteiger partial charge in [-0.1, -0.05) is 15.9 Å². The minimum absolute atomic E-state index is 0.106. The molecule has 3 fully saturated rings. The first-order chi connectivity index (χ1) is 10.0. The van der Waals surface area contributed by atoms with E-state index in [1.54, 1.807) is 7.11 Å². The molecule has 114 valence electrons. The van der Waals surface area contributed by atoms with E-state index in [1.807, 2.05) is 0 Å². The number of alkyl halides is 1. The van der Waals surface area contributed by atoms with Crippen molar-refractivity contribution in [3.63, 3.8) is 0 Å². The molecule has 5 unspecified atom stereocenters. The van der Waals surface area contributed by atoms with Crippen LogP contribution in [0.3, 0.4) is 0 Å². The van der Waals surface area contributed by atoms with Crippen molar-refractivity contribution < 1.29 is 4.74 Å². The summed E-state index contributed by atoms with van der Waals surface area (Å²) < 4.78 is 6.85. The van der Waals surface area contributed by atoms with E-state index in [1.165, 1.54) is 36.0 Å². The first-order valence-corrected chi connectivity index (χ1v) is 9.25. The second-order valence-electron chi connectivity index (χ2n) is 7.21. The van der Waals surface area contributed by atoms with Crippen LogP contribution in [-0.4, -0.2) is 7.11 Å². The Morgan fingerprint density at radius 2 is 1.86 bits per heavy atom. The van der Waals surface area contributed by atoms with Crippen LogP contribution in [-0.2, 0) is 0 Å². The Kier molecular flexibility index (Phi) is 3.35. The largest absolute Gasteiger partial charge is 0.496 e. The van der Waals surface area contributed by atoms with Crippen LogP contribution in [0.1, 0.15) is 41.3 Å². The lowest BCUT2D eigenvalue weighted by atomic mass is 9.93. The quantitative estimate of drug-likeness (QED) is 0.626. The molecule has 0 heterocycles. The lowest BCUT2D eigenvalue weighted by molar-refractivity contribution is 0.397. The summed E-state index contributed by atoms with van der Waals surface area (Å²) in [6.45, 7) is 4.26. The van der Waals surface area contributed by atoms with Gasteiger partial charge in [-0.2, -0.15) is 0 Å². The van der Waals surface area contributed by atoms with E-state index in [4.69, 9.17) is 16.3 Å². The average molecular weight is 370 g/mol. The molecule has 5 atom stereocenters. The molecule has 3 saturated carbocycles. The highest BCUT2D eigenvalue weighted by atomic mass is 79.9. The highest BCUT2D eigenvalue weighted by Gasteiger charge is 2.66. The molecule has 2 bridgehead atoms. The summed E-state index contributed by atoms with van der Waals surface area (Å²) in [5.41, 5.74) is 3.64. The van der Waals surface area contributed by atoms with E-state index >= 15 is 0 Å². The SMILES string of the molecule is COc1c(C)cc(Br)c(C)c1C(Cl)C1C2C3CCC(C3)C21. The van der Waals surface area contributed by atoms with E-state index in [2.05, 4.69) is 35.8 Å². The first-order valence-electron chi connectivity index (χ1n) is 8.02. The van der Waals surface area contributed by atoms with Gasteiger partial charge in [0.05, 0.1) is 12.5 Å². The van der Waals surface area contributed by atoms with Crippen LogP contribution < -0.4 is 4.74 Å².